The van der Waals surface area contributed by atoms with Gasteiger partial charge in [0, 0.05) is 10.9 Å². The van der Waals surface area contributed by atoms with Crippen molar-refractivity contribution in [1.82, 2.24) is 0 Å². The maximum atomic E-state index is 12.6. The Labute approximate surface area is 125 Å². The van der Waals surface area contributed by atoms with Gasteiger partial charge in [0.05, 0.1) is 21.3 Å². The molecule has 118 valence electrons. The van der Waals surface area contributed by atoms with Crippen molar-refractivity contribution in [3.63, 3.8) is 0 Å². The molecule has 2 nitrogen and oxygen atoms in total. The van der Waals surface area contributed by atoms with Crippen LogP contribution in [-0.2, 0) is 17.0 Å². The minimum atomic E-state index is -4.42. The standard InChI is InChI=1S/C15H20F3NOS/c1-2-10-3-6-12(7-4-10)21(20)14-8-5-11(9-13(14)19)15(16,17)18/h5,8-10,12H,2-4,6-7,19H2,1H3. The van der Waals surface area contributed by atoms with E-state index in [4.69, 9.17) is 5.73 Å². The average molecular weight is 319 g/mol. The van der Waals surface area contributed by atoms with E-state index in [1.807, 2.05) is 0 Å². The Kier molecular flexibility index (Phi) is 4.96. The van der Waals surface area contributed by atoms with Crippen LogP contribution in [0, 0.1) is 5.92 Å². The van der Waals surface area contributed by atoms with E-state index in [0.29, 0.717) is 10.8 Å². The highest BCUT2D eigenvalue weighted by molar-refractivity contribution is 7.85. The van der Waals surface area contributed by atoms with Crippen LogP contribution in [-0.4, -0.2) is 9.46 Å². The number of hydrogen-bond acceptors (Lipinski definition) is 2. The SMILES string of the molecule is CCC1CCC(S(=O)c2ccc(C(F)(F)F)cc2N)CC1. The van der Waals surface area contributed by atoms with Crippen molar-refractivity contribution in [1.29, 1.82) is 0 Å². The van der Waals surface area contributed by atoms with Crippen molar-refractivity contribution in [2.24, 2.45) is 5.92 Å². The van der Waals surface area contributed by atoms with E-state index in [1.54, 1.807) is 0 Å². The topological polar surface area (TPSA) is 43.1 Å². The third-order valence-corrected chi connectivity index (χ3v) is 6.11. The maximum absolute atomic E-state index is 12.6. The molecule has 0 saturated heterocycles. The van der Waals surface area contributed by atoms with Gasteiger partial charge >= 0.3 is 6.18 Å². The fourth-order valence-corrected chi connectivity index (χ4v) is 4.39. The van der Waals surface area contributed by atoms with Crippen LogP contribution in [0.25, 0.3) is 0 Å². The predicted molar refractivity (Wildman–Crippen MR) is 78.3 cm³/mol. The molecule has 1 aromatic rings. The Hall–Kier alpha value is -1.04. The second kappa shape index (κ2) is 6.38. The van der Waals surface area contributed by atoms with E-state index in [0.717, 1.165) is 44.2 Å². The first-order chi connectivity index (χ1) is 9.82. The maximum Gasteiger partial charge on any atom is 0.416 e. The zero-order valence-electron chi connectivity index (χ0n) is 12.0. The van der Waals surface area contributed by atoms with Gasteiger partial charge in [0.15, 0.2) is 0 Å². The molecule has 2 rings (SSSR count). The monoisotopic (exact) mass is 319 g/mol. The fraction of sp³-hybridized carbons (Fsp3) is 0.600. The molecule has 0 bridgehead atoms. The summed E-state index contributed by atoms with van der Waals surface area (Å²) >= 11 is 0. The van der Waals surface area contributed by atoms with Crippen molar-refractivity contribution < 1.29 is 17.4 Å². The zero-order chi connectivity index (χ0) is 15.6. The van der Waals surface area contributed by atoms with Crippen LogP contribution in [0.4, 0.5) is 18.9 Å². The molecule has 0 aromatic heterocycles. The quantitative estimate of drug-likeness (QED) is 0.841. The van der Waals surface area contributed by atoms with Crippen LogP contribution in [0.5, 0.6) is 0 Å². The van der Waals surface area contributed by atoms with Gasteiger partial charge in [-0.25, -0.2) is 0 Å². The summed E-state index contributed by atoms with van der Waals surface area (Å²) in [7, 11) is -1.33. The lowest BCUT2D eigenvalue weighted by Gasteiger charge is -2.27. The first kappa shape index (κ1) is 16.3. The van der Waals surface area contributed by atoms with Gasteiger partial charge < -0.3 is 5.73 Å². The van der Waals surface area contributed by atoms with Gasteiger partial charge in [-0.2, -0.15) is 13.2 Å². The first-order valence-electron chi connectivity index (χ1n) is 7.20. The molecule has 0 aliphatic heterocycles. The summed E-state index contributed by atoms with van der Waals surface area (Å²) in [5.74, 6) is 0.684. The molecule has 1 aromatic carbocycles. The number of halogens is 3. The summed E-state index contributed by atoms with van der Waals surface area (Å²) in [6.07, 6.45) is 0.479. The molecule has 1 aliphatic carbocycles. The predicted octanol–water partition coefficient (Wildman–Crippen LogP) is 4.36. The summed E-state index contributed by atoms with van der Waals surface area (Å²) in [6.45, 7) is 2.15. The fourth-order valence-electron chi connectivity index (χ4n) is 2.84. The summed E-state index contributed by atoms with van der Waals surface area (Å²) in [6, 6.07) is 3.10. The Bertz CT molecular complexity index is 522. The Balaban J connectivity index is 2.13. The summed E-state index contributed by atoms with van der Waals surface area (Å²) in [5.41, 5.74) is 4.86. The number of rotatable bonds is 3. The summed E-state index contributed by atoms with van der Waals surface area (Å²) < 4.78 is 50.3. The van der Waals surface area contributed by atoms with Gasteiger partial charge in [0.1, 0.15) is 0 Å². The van der Waals surface area contributed by atoms with Crippen molar-refractivity contribution in [3.8, 4) is 0 Å². The van der Waals surface area contributed by atoms with Gasteiger partial charge in [-0.15, -0.1) is 0 Å². The molecule has 1 aliphatic rings. The molecule has 0 heterocycles. The molecule has 0 spiro atoms. The van der Waals surface area contributed by atoms with E-state index < -0.39 is 22.5 Å². The number of nitrogen functional groups attached to an aromatic ring is 1. The van der Waals surface area contributed by atoms with Crippen molar-refractivity contribution in [2.75, 3.05) is 5.73 Å². The number of nitrogens with two attached hydrogens (primary N) is 1. The molecule has 21 heavy (non-hydrogen) atoms. The molecule has 0 amide bonds. The number of hydrogen-bond donors (Lipinski definition) is 1. The molecule has 1 atom stereocenters. The Morgan fingerprint density at radius 2 is 1.86 bits per heavy atom. The van der Waals surface area contributed by atoms with Crippen LogP contribution in [0.2, 0.25) is 0 Å². The number of anilines is 1. The molecule has 2 N–H and O–H groups in total. The largest absolute Gasteiger partial charge is 0.416 e. The van der Waals surface area contributed by atoms with Crippen LogP contribution < -0.4 is 5.73 Å². The molecule has 1 saturated carbocycles. The van der Waals surface area contributed by atoms with E-state index >= 15 is 0 Å². The first-order valence-corrected chi connectivity index (χ1v) is 8.41. The number of alkyl halides is 3. The van der Waals surface area contributed by atoms with Crippen molar-refractivity contribution in [2.45, 2.75) is 55.3 Å². The van der Waals surface area contributed by atoms with Gasteiger partial charge in [-0.3, -0.25) is 4.21 Å². The molecular formula is C15H20F3NOS. The smallest absolute Gasteiger partial charge is 0.398 e. The lowest BCUT2D eigenvalue weighted by Crippen LogP contribution is -2.23. The van der Waals surface area contributed by atoms with Crippen LogP contribution in [0.1, 0.15) is 44.6 Å². The zero-order valence-corrected chi connectivity index (χ0v) is 12.8. The van der Waals surface area contributed by atoms with E-state index in [9.17, 15) is 17.4 Å². The highest BCUT2D eigenvalue weighted by Gasteiger charge is 2.32. The van der Waals surface area contributed by atoms with Crippen LogP contribution in [0.15, 0.2) is 23.1 Å². The van der Waals surface area contributed by atoms with E-state index in [-0.39, 0.29) is 10.9 Å². The van der Waals surface area contributed by atoms with Gasteiger partial charge in [-0.05, 0) is 49.8 Å². The Morgan fingerprint density at radius 3 is 2.33 bits per heavy atom. The Morgan fingerprint density at radius 1 is 1.24 bits per heavy atom. The second-order valence-corrected chi connectivity index (χ2v) is 7.30. The van der Waals surface area contributed by atoms with Crippen LogP contribution in [0.3, 0.4) is 0 Å². The van der Waals surface area contributed by atoms with E-state index in [2.05, 4.69) is 6.92 Å². The average Bonchev–Trinajstić information content (AvgIpc) is 2.45. The third kappa shape index (κ3) is 3.78. The van der Waals surface area contributed by atoms with Crippen LogP contribution >= 0.6 is 0 Å². The lowest BCUT2D eigenvalue weighted by molar-refractivity contribution is -0.137. The normalized spacial score (nSPS) is 24.8. The number of benzene rings is 1. The third-order valence-electron chi connectivity index (χ3n) is 4.23. The van der Waals surface area contributed by atoms with Crippen molar-refractivity contribution in [3.05, 3.63) is 23.8 Å². The molecular weight excluding hydrogens is 299 g/mol. The summed E-state index contributed by atoms with van der Waals surface area (Å²) in [5, 5.41) is 0.00633. The lowest BCUT2D eigenvalue weighted by atomic mass is 9.87. The van der Waals surface area contributed by atoms with Gasteiger partial charge in [0.2, 0.25) is 0 Å². The molecule has 1 fully saturated rings. The highest BCUT2D eigenvalue weighted by atomic mass is 32.2. The van der Waals surface area contributed by atoms with E-state index in [1.165, 1.54) is 6.07 Å². The second-order valence-electron chi connectivity index (χ2n) is 5.60. The van der Waals surface area contributed by atoms with Gasteiger partial charge in [0.25, 0.3) is 0 Å². The molecule has 1 unspecified atom stereocenters. The summed E-state index contributed by atoms with van der Waals surface area (Å²) in [4.78, 5) is 0.336. The molecule has 0 radical (unpaired) electrons. The minimum absolute atomic E-state index is 0.00633. The minimum Gasteiger partial charge on any atom is -0.398 e. The highest BCUT2D eigenvalue weighted by Crippen LogP contribution is 2.35. The van der Waals surface area contributed by atoms with Crippen molar-refractivity contribution >= 4 is 16.5 Å². The molecule has 6 heteroatoms. The van der Waals surface area contributed by atoms with Gasteiger partial charge in [-0.1, -0.05) is 13.3 Å².